The minimum absolute atomic E-state index is 0.0638. The topological polar surface area (TPSA) is 149 Å². The van der Waals surface area contributed by atoms with Crippen molar-refractivity contribution in [1.29, 1.82) is 0 Å². The van der Waals surface area contributed by atoms with Gasteiger partial charge in [-0.15, -0.1) is 0 Å². The van der Waals surface area contributed by atoms with E-state index in [0.29, 0.717) is 6.42 Å². The van der Waals surface area contributed by atoms with Gasteiger partial charge in [0.05, 0.1) is 5.54 Å². The van der Waals surface area contributed by atoms with Gasteiger partial charge in [0.25, 0.3) is 0 Å². The number of amides is 3. The molecule has 3 aromatic rings. The van der Waals surface area contributed by atoms with Gasteiger partial charge in [-0.2, -0.15) is 4.90 Å². The zero-order valence-electron chi connectivity index (χ0n) is 23.4. The number of imide groups is 1. The summed E-state index contributed by atoms with van der Waals surface area (Å²) in [6.45, 7) is 3.67. The van der Waals surface area contributed by atoms with Crippen molar-refractivity contribution in [2.75, 3.05) is 6.54 Å². The average molecular weight is 560 g/mol. The number of nitrogens with one attached hydrogen (secondary N) is 1. The molecule has 10 heteroatoms. The highest BCUT2D eigenvalue weighted by Gasteiger charge is 2.39. The minimum Gasteiger partial charge on any atom is -0.444 e. The Kier molecular flexibility index (Phi) is 11.3. The summed E-state index contributed by atoms with van der Waals surface area (Å²) >= 11 is 0. The summed E-state index contributed by atoms with van der Waals surface area (Å²) in [6, 6.07) is 26.1. The summed E-state index contributed by atoms with van der Waals surface area (Å²) in [6.07, 6.45) is -1.65. The first-order valence-corrected chi connectivity index (χ1v) is 13.3. The highest BCUT2D eigenvalue weighted by molar-refractivity contribution is 5.95. The quantitative estimate of drug-likeness (QED) is 0.169. The number of rotatable bonds is 12. The Balaban J connectivity index is 1.89. The van der Waals surface area contributed by atoms with Crippen LogP contribution in [-0.4, -0.2) is 41.5 Å². The van der Waals surface area contributed by atoms with E-state index < -0.39 is 29.7 Å². The van der Waals surface area contributed by atoms with Crippen LogP contribution in [0.1, 0.15) is 43.4 Å². The van der Waals surface area contributed by atoms with Gasteiger partial charge in [-0.05, 0) is 43.4 Å². The molecule has 1 atom stereocenters. The lowest BCUT2D eigenvalue weighted by atomic mass is 9.93. The largest absolute Gasteiger partial charge is 0.444 e. The van der Waals surface area contributed by atoms with Crippen molar-refractivity contribution in [3.05, 3.63) is 108 Å². The molecule has 0 aliphatic rings. The Morgan fingerprint density at radius 3 is 1.73 bits per heavy atom. The molecule has 0 aliphatic carbocycles. The first-order chi connectivity index (χ1) is 19.7. The maximum absolute atomic E-state index is 13.8. The Morgan fingerprint density at radius 1 is 0.805 bits per heavy atom. The van der Waals surface area contributed by atoms with Gasteiger partial charge >= 0.3 is 12.2 Å². The number of benzene rings is 3. The molecule has 0 unspecified atom stereocenters. The average Bonchev–Trinajstić information content (AvgIpc) is 2.97. The lowest BCUT2D eigenvalue weighted by molar-refractivity contribution is -0.127. The number of nitrogens with two attached hydrogens (primary N) is 2. The van der Waals surface area contributed by atoms with Crippen molar-refractivity contribution < 1.29 is 23.9 Å². The number of nitrogens with zero attached hydrogens (tertiary/aromatic N) is 2. The summed E-state index contributed by atoms with van der Waals surface area (Å²) in [5.41, 5.74) is 12.4. The monoisotopic (exact) mass is 559 g/mol. The maximum atomic E-state index is 13.8. The summed E-state index contributed by atoms with van der Waals surface area (Å²) in [7, 11) is 0. The molecule has 0 aromatic heterocycles. The van der Waals surface area contributed by atoms with Crippen LogP contribution >= 0.6 is 0 Å². The van der Waals surface area contributed by atoms with Gasteiger partial charge in [-0.3, -0.25) is 9.79 Å². The predicted octanol–water partition coefficient (Wildman–Crippen LogP) is 4.44. The van der Waals surface area contributed by atoms with Crippen LogP contribution in [0.2, 0.25) is 0 Å². The molecule has 0 saturated heterocycles. The minimum atomic E-state index is -1.27. The third-order valence-electron chi connectivity index (χ3n) is 6.28. The Bertz CT molecular complexity index is 1240. The number of carbonyl (C=O) groups is 3. The second kappa shape index (κ2) is 15.1. The fraction of sp³-hybridized carbons (Fsp3) is 0.290. The molecule has 3 rings (SSSR count). The number of hydrogen-bond acceptors (Lipinski definition) is 6. The molecule has 0 spiro atoms. The van der Waals surface area contributed by atoms with Crippen LogP contribution in [0.3, 0.4) is 0 Å². The molecule has 41 heavy (non-hydrogen) atoms. The van der Waals surface area contributed by atoms with E-state index in [4.69, 9.17) is 20.9 Å². The number of ether oxygens (including phenoxy) is 2. The van der Waals surface area contributed by atoms with Crippen molar-refractivity contribution in [2.24, 2.45) is 16.5 Å². The number of carbonyl (C=O) groups excluding carboxylic acids is 3. The van der Waals surface area contributed by atoms with E-state index in [-0.39, 0.29) is 32.1 Å². The molecule has 3 amide bonds. The fourth-order valence-electron chi connectivity index (χ4n) is 4.10. The van der Waals surface area contributed by atoms with Crippen molar-refractivity contribution in [1.82, 2.24) is 10.2 Å². The molecule has 216 valence electrons. The van der Waals surface area contributed by atoms with E-state index in [1.165, 1.54) is 0 Å². The fourth-order valence-corrected chi connectivity index (χ4v) is 4.10. The summed E-state index contributed by atoms with van der Waals surface area (Å²) in [5.74, 6) is -0.658. The lowest BCUT2D eigenvalue weighted by Crippen LogP contribution is -2.55. The highest BCUT2D eigenvalue weighted by atomic mass is 16.6. The Hall–Kier alpha value is -4.86. The second-order valence-corrected chi connectivity index (χ2v) is 9.90. The predicted molar refractivity (Wildman–Crippen MR) is 156 cm³/mol. The van der Waals surface area contributed by atoms with Gasteiger partial charge in [0, 0.05) is 6.54 Å². The molecule has 0 fully saturated rings. The molecule has 0 radical (unpaired) electrons. The summed E-state index contributed by atoms with van der Waals surface area (Å²) < 4.78 is 11.0. The van der Waals surface area contributed by atoms with Gasteiger partial charge in [-0.1, -0.05) is 91.0 Å². The van der Waals surface area contributed by atoms with Crippen LogP contribution in [-0.2, 0) is 33.0 Å². The summed E-state index contributed by atoms with van der Waals surface area (Å²) in [4.78, 5) is 45.4. The number of aliphatic imine (C=N–C) groups is 1. The van der Waals surface area contributed by atoms with Crippen LogP contribution < -0.4 is 16.8 Å². The van der Waals surface area contributed by atoms with E-state index in [9.17, 15) is 14.4 Å². The zero-order valence-corrected chi connectivity index (χ0v) is 23.4. The molecular weight excluding hydrogens is 522 g/mol. The van der Waals surface area contributed by atoms with Crippen molar-refractivity contribution in [3.63, 3.8) is 0 Å². The molecule has 0 saturated carbocycles. The summed E-state index contributed by atoms with van der Waals surface area (Å²) in [5, 5.41) is 2.98. The molecule has 5 N–H and O–H groups in total. The number of guanidine groups is 1. The van der Waals surface area contributed by atoms with Gasteiger partial charge < -0.3 is 26.3 Å². The van der Waals surface area contributed by atoms with E-state index in [0.717, 1.165) is 21.6 Å². The highest BCUT2D eigenvalue weighted by Crippen LogP contribution is 2.22. The van der Waals surface area contributed by atoms with Crippen LogP contribution in [0.4, 0.5) is 9.59 Å². The van der Waals surface area contributed by atoms with Crippen LogP contribution in [0.5, 0.6) is 0 Å². The van der Waals surface area contributed by atoms with Crippen molar-refractivity contribution in [3.8, 4) is 0 Å². The van der Waals surface area contributed by atoms with Gasteiger partial charge in [-0.25, -0.2) is 9.59 Å². The van der Waals surface area contributed by atoms with Gasteiger partial charge in [0.15, 0.2) is 5.96 Å². The molecule has 3 aromatic carbocycles. The molecule has 0 aliphatic heterocycles. The van der Waals surface area contributed by atoms with Crippen LogP contribution in [0.15, 0.2) is 96.0 Å². The lowest BCUT2D eigenvalue weighted by Gasteiger charge is -2.33. The van der Waals surface area contributed by atoms with Gasteiger partial charge in [0.2, 0.25) is 5.91 Å². The van der Waals surface area contributed by atoms with Crippen molar-refractivity contribution in [2.45, 2.75) is 51.5 Å². The maximum Gasteiger partial charge on any atom is 0.420 e. The van der Waals surface area contributed by atoms with Crippen LogP contribution in [0.25, 0.3) is 0 Å². The third kappa shape index (κ3) is 9.68. The first kappa shape index (κ1) is 30.7. The van der Waals surface area contributed by atoms with Crippen LogP contribution in [0, 0.1) is 0 Å². The van der Waals surface area contributed by atoms with E-state index in [1.54, 1.807) is 48.5 Å². The number of hydrogen-bond donors (Lipinski definition) is 3. The Morgan fingerprint density at radius 2 is 1.27 bits per heavy atom. The smallest absolute Gasteiger partial charge is 0.420 e. The zero-order chi connectivity index (χ0) is 29.7. The van der Waals surface area contributed by atoms with E-state index in [2.05, 4.69) is 10.3 Å². The van der Waals surface area contributed by atoms with E-state index in [1.807, 2.05) is 56.3 Å². The third-order valence-corrected chi connectivity index (χ3v) is 6.28. The second-order valence-electron chi connectivity index (χ2n) is 9.90. The molecule has 0 heterocycles. The standard InChI is InChI=1S/C31H37N5O5/c1-31(2,25-17-10-5-11-18-25)35-27(37)26(19-12-20-34-28(32)33)36(29(38)40-21-23-13-6-3-7-14-23)30(39)41-22-24-15-8-4-9-16-24/h3-11,13-18,26H,12,19-22H2,1-2H3,(H,35,37)(H4,32,33,34)/t26-/m0/s1. The Labute approximate surface area is 240 Å². The first-order valence-electron chi connectivity index (χ1n) is 13.3. The SMILES string of the molecule is CC(C)(NC(=O)[C@H](CCCN=C(N)N)N(C(=O)OCc1ccccc1)C(=O)OCc1ccccc1)c1ccccc1. The van der Waals surface area contributed by atoms with E-state index >= 15 is 0 Å². The van der Waals surface area contributed by atoms with Crippen molar-refractivity contribution >= 4 is 24.1 Å². The normalized spacial score (nSPS) is 11.6. The molecular formula is C31H37N5O5. The molecule has 0 bridgehead atoms. The van der Waals surface area contributed by atoms with Gasteiger partial charge in [0.1, 0.15) is 19.3 Å². The molecule has 10 nitrogen and oxygen atoms in total.